The number of para-hydroxylation sites is 1. The number of hydrogen-bond donors (Lipinski definition) is 1. The third-order valence-corrected chi connectivity index (χ3v) is 5.90. The average molecular weight is 364 g/mol. The van der Waals surface area contributed by atoms with Crippen LogP contribution in [0.3, 0.4) is 0 Å². The molecule has 25 heavy (non-hydrogen) atoms. The second-order valence-electron chi connectivity index (χ2n) is 7.28. The van der Waals surface area contributed by atoms with Crippen molar-refractivity contribution in [3.05, 3.63) is 24.3 Å². The Hall–Kier alpha value is -1.49. The Kier molecular flexibility index (Phi) is 7.36. The average Bonchev–Trinajstić information content (AvgIpc) is 2.62. The topological polar surface area (TPSA) is 55.4 Å². The lowest BCUT2D eigenvalue weighted by Crippen LogP contribution is -2.38. The number of carbonyl (C=O) groups excluding carboxylic acids is 2. The number of methoxy groups -OCH3 is 1. The molecule has 0 aliphatic heterocycles. The molecule has 0 aromatic heterocycles. The number of benzene rings is 1. The monoisotopic (exact) mass is 363 g/mol. The normalized spacial score (nSPS) is 16.5. The summed E-state index contributed by atoms with van der Waals surface area (Å²) in [6, 6.07) is 7.41. The first kappa shape index (κ1) is 19.8. The predicted molar refractivity (Wildman–Crippen MR) is 103 cm³/mol. The smallest absolute Gasteiger partial charge is 0.371 e. The van der Waals surface area contributed by atoms with Crippen molar-refractivity contribution < 1.29 is 14.3 Å². The molecule has 1 fully saturated rings. The van der Waals surface area contributed by atoms with Crippen molar-refractivity contribution in [3.8, 4) is 0 Å². The van der Waals surface area contributed by atoms with Gasteiger partial charge in [-0.05, 0) is 55.5 Å². The lowest BCUT2D eigenvalue weighted by molar-refractivity contribution is -0.128. The van der Waals surface area contributed by atoms with Crippen LogP contribution < -0.4 is 5.32 Å². The van der Waals surface area contributed by atoms with E-state index in [1.807, 2.05) is 24.3 Å². The molecule has 0 bridgehead atoms. The molecule has 1 amide bonds. The summed E-state index contributed by atoms with van der Waals surface area (Å²) in [4.78, 5) is 25.5. The molecule has 1 aliphatic carbocycles. The molecular formula is C20H29NO3S. The number of carbonyl (C=O) groups is 2. The van der Waals surface area contributed by atoms with Gasteiger partial charge in [0.15, 0.2) is 0 Å². The van der Waals surface area contributed by atoms with Gasteiger partial charge in [0.2, 0.25) is 5.91 Å². The van der Waals surface area contributed by atoms with Gasteiger partial charge in [-0.2, -0.15) is 0 Å². The summed E-state index contributed by atoms with van der Waals surface area (Å²) in [7, 11) is 1.36. The Morgan fingerprint density at radius 2 is 1.88 bits per heavy atom. The second kappa shape index (κ2) is 9.27. The summed E-state index contributed by atoms with van der Waals surface area (Å²) in [5.41, 5.74) is 0.420. The summed E-state index contributed by atoms with van der Waals surface area (Å²) < 4.78 is 4.73. The minimum atomic E-state index is -0.381. The van der Waals surface area contributed by atoms with Gasteiger partial charge in [-0.3, -0.25) is 4.79 Å². The van der Waals surface area contributed by atoms with Crippen LogP contribution in [0.5, 0.6) is 0 Å². The van der Waals surface area contributed by atoms with E-state index in [9.17, 15) is 9.59 Å². The molecule has 0 saturated heterocycles. The third kappa shape index (κ3) is 5.50. The number of rotatable bonds is 6. The highest BCUT2D eigenvalue weighted by molar-refractivity contribution is 8.13. The van der Waals surface area contributed by atoms with Crippen LogP contribution in [-0.2, 0) is 9.53 Å². The first-order valence-electron chi connectivity index (χ1n) is 9.13. The zero-order valence-corrected chi connectivity index (χ0v) is 16.3. The summed E-state index contributed by atoms with van der Waals surface area (Å²) in [5.74, 6) is 0.694. The molecule has 0 radical (unpaired) electrons. The van der Waals surface area contributed by atoms with Crippen molar-refractivity contribution in [3.63, 3.8) is 0 Å². The largest absolute Gasteiger partial charge is 0.461 e. The van der Waals surface area contributed by atoms with Gasteiger partial charge < -0.3 is 10.1 Å². The Morgan fingerprint density at radius 3 is 2.52 bits per heavy atom. The van der Waals surface area contributed by atoms with Crippen molar-refractivity contribution in [2.75, 3.05) is 12.4 Å². The fourth-order valence-electron chi connectivity index (χ4n) is 3.43. The molecule has 0 heterocycles. The van der Waals surface area contributed by atoms with Gasteiger partial charge in [0.1, 0.15) is 0 Å². The number of hydrogen-bond acceptors (Lipinski definition) is 4. The van der Waals surface area contributed by atoms with Gasteiger partial charge in [-0.15, -0.1) is 0 Å². The van der Waals surface area contributed by atoms with Gasteiger partial charge in [-0.1, -0.05) is 45.2 Å². The molecule has 0 atom stereocenters. The quantitative estimate of drug-likeness (QED) is 0.507. The van der Waals surface area contributed by atoms with E-state index in [1.165, 1.54) is 13.5 Å². The first-order valence-corrected chi connectivity index (χ1v) is 9.95. The Labute approximate surface area is 155 Å². The molecular weight excluding hydrogens is 334 g/mol. The van der Waals surface area contributed by atoms with Gasteiger partial charge in [0.05, 0.1) is 12.8 Å². The van der Waals surface area contributed by atoms with Crippen LogP contribution in [-0.4, -0.2) is 18.3 Å². The number of ether oxygens (including phenoxy) is 1. The molecule has 1 N–H and O–H groups in total. The Balaban J connectivity index is 2.16. The van der Waals surface area contributed by atoms with E-state index in [4.69, 9.17) is 4.74 Å². The van der Waals surface area contributed by atoms with Gasteiger partial charge in [0.25, 0.3) is 0 Å². The molecule has 138 valence electrons. The second-order valence-corrected chi connectivity index (χ2v) is 8.26. The van der Waals surface area contributed by atoms with Crippen LogP contribution in [0.4, 0.5) is 10.5 Å². The number of anilines is 1. The van der Waals surface area contributed by atoms with Crippen molar-refractivity contribution in [2.24, 2.45) is 11.3 Å². The van der Waals surface area contributed by atoms with Crippen LogP contribution in [0, 0.1) is 11.3 Å². The molecule has 0 spiro atoms. The van der Waals surface area contributed by atoms with E-state index in [2.05, 4.69) is 19.2 Å². The fourth-order valence-corrected chi connectivity index (χ4v) is 4.07. The van der Waals surface area contributed by atoms with Crippen molar-refractivity contribution in [1.82, 2.24) is 0 Å². The van der Waals surface area contributed by atoms with Crippen LogP contribution in [0.1, 0.15) is 58.8 Å². The van der Waals surface area contributed by atoms with Crippen molar-refractivity contribution in [2.45, 2.75) is 63.7 Å². The van der Waals surface area contributed by atoms with Crippen LogP contribution in [0.25, 0.3) is 0 Å². The molecule has 5 heteroatoms. The lowest BCUT2D eigenvalue weighted by atomic mass is 9.69. The highest BCUT2D eigenvalue weighted by atomic mass is 32.2. The van der Waals surface area contributed by atoms with Crippen molar-refractivity contribution in [1.29, 1.82) is 0 Å². The molecule has 0 unspecified atom stereocenters. The highest BCUT2D eigenvalue weighted by Gasteiger charge is 2.39. The number of amides is 1. The molecule has 1 aromatic rings. The van der Waals surface area contributed by atoms with E-state index >= 15 is 0 Å². The van der Waals surface area contributed by atoms with Crippen LogP contribution in [0.15, 0.2) is 29.2 Å². The zero-order valence-electron chi connectivity index (χ0n) is 15.5. The van der Waals surface area contributed by atoms with Gasteiger partial charge in [-0.25, -0.2) is 4.79 Å². The molecule has 1 aliphatic rings. The molecule has 2 rings (SSSR count). The van der Waals surface area contributed by atoms with Crippen LogP contribution in [0.2, 0.25) is 0 Å². The zero-order chi connectivity index (χ0) is 18.3. The summed E-state index contributed by atoms with van der Waals surface area (Å²) in [6.45, 7) is 4.41. The van der Waals surface area contributed by atoms with Crippen molar-refractivity contribution >= 4 is 28.7 Å². The SMILES string of the molecule is COC(=O)Sc1ccccc1NC(=O)C1(CCC(C)C)CCCCC1. The summed E-state index contributed by atoms with van der Waals surface area (Å²) >= 11 is 1.00. The first-order chi connectivity index (χ1) is 12.0. The minimum Gasteiger partial charge on any atom is -0.461 e. The fraction of sp³-hybridized carbons (Fsp3) is 0.600. The minimum absolute atomic E-state index is 0.103. The number of nitrogens with one attached hydrogen (secondary N) is 1. The summed E-state index contributed by atoms with van der Waals surface area (Å²) in [5, 5.41) is 2.73. The lowest BCUT2D eigenvalue weighted by Gasteiger charge is -2.36. The van der Waals surface area contributed by atoms with E-state index in [0.29, 0.717) is 11.6 Å². The molecule has 1 aromatic carbocycles. The molecule has 4 nitrogen and oxygen atoms in total. The number of thioether (sulfide) groups is 1. The van der Waals surface area contributed by atoms with E-state index in [0.717, 1.165) is 55.2 Å². The van der Waals surface area contributed by atoms with Gasteiger partial charge >= 0.3 is 5.30 Å². The van der Waals surface area contributed by atoms with Gasteiger partial charge in [0, 0.05) is 10.3 Å². The highest BCUT2D eigenvalue weighted by Crippen LogP contribution is 2.42. The predicted octanol–water partition coefficient (Wildman–Crippen LogP) is 5.87. The summed E-state index contributed by atoms with van der Waals surface area (Å²) in [6.07, 6.45) is 7.35. The maximum absolute atomic E-state index is 13.2. The maximum atomic E-state index is 13.2. The Morgan fingerprint density at radius 1 is 1.20 bits per heavy atom. The van der Waals surface area contributed by atoms with E-state index < -0.39 is 0 Å². The Bertz CT molecular complexity index is 594. The maximum Gasteiger partial charge on any atom is 0.371 e. The van der Waals surface area contributed by atoms with Crippen LogP contribution >= 0.6 is 11.8 Å². The van der Waals surface area contributed by atoms with E-state index in [-0.39, 0.29) is 16.6 Å². The van der Waals surface area contributed by atoms with E-state index in [1.54, 1.807) is 0 Å². The standard InChI is InChI=1S/C20H29NO3S/c1-15(2)11-14-20(12-7-4-8-13-20)18(22)21-16-9-5-6-10-17(16)25-19(23)24-3/h5-6,9-10,15H,4,7-8,11-14H2,1-3H3,(H,21,22). The third-order valence-electron chi connectivity index (χ3n) is 4.99. The molecule has 1 saturated carbocycles.